The summed E-state index contributed by atoms with van der Waals surface area (Å²) in [6.45, 7) is 0.603. The number of carbonyl (C=O) groups excluding carboxylic acids is 2. The third kappa shape index (κ3) is 5.82. The number of likely N-dealkylation sites (tertiary alicyclic amines) is 1. The van der Waals surface area contributed by atoms with E-state index in [1.807, 2.05) is 5.32 Å². The van der Waals surface area contributed by atoms with Gasteiger partial charge >= 0.3 is 6.18 Å². The number of anilines is 1. The van der Waals surface area contributed by atoms with E-state index in [0.717, 1.165) is 0 Å². The number of carbonyl (C=O) groups is 2. The van der Waals surface area contributed by atoms with Crippen molar-refractivity contribution in [1.29, 1.82) is 0 Å². The van der Waals surface area contributed by atoms with Crippen molar-refractivity contribution in [2.45, 2.75) is 38.1 Å². The van der Waals surface area contributed by atoms with Gasteiger partial charge in [-0.25, -0.2) is 19.9 Å². The molecule has 35 heavy (non-hydrogen) atoms. The first kappa shape index (κ1) is 24.3. The van der Waals surface area contributed by atoms with Crippen LogP contribution in [0.2, 0.25) is 0 Å². The second-order valence-corrected chi connectivity index (χ2v) is 8.17. The molecule has 4 heterocycles. The zero-order chi connectivity index (χ0) is 25.2. The van der Waals surface area contributed by atoms with Crippen LogP contribution in [-0.4, -0.2) is 84.7 Å². The zero-order valence-corrected chi connectivity index (χ0v) is 18.6. The van der Waals surface area contributed by atoms with E-state index in [4.69, 9.17) is 0 Å². The molecule has 4 rings (SSSR count). The normalized spacial score (nSPS) is 15.7. The molecular formula is C21H23F3N8O3. The number of aromatic amines is 1. The number of halogens is 3. The number of aliphatic hydroxyl groups excluding tert-OH is 1. The molecule has 0 unspecified atom stereocenters. The molecule has 0 radical (unpaired) electrons. The molecule has 0 saturated carbocycles. The lowest BCUT2D eigenvalue weighted by Crippen LogP contribution is -2.42. The second kappa shape index (κ2) is 9.82. The van der Waals surface area contributed by atoms with Gasteiger partial charge in [0, 0.05) is 42.5 Å². The van der Waals surface area contributed by atoms with Crippen LogP contribution in [0, 0.1) is 0 Å². The van der Waals surface area contributed by atoms with Crippen LogP contribution in [0.3, 0.4) is 0 Å². The molecule has 1 aliphatic heterocycles. The van der Waals surface area contributed by atoms with Crippen LogP contribution in [0.1, 0.15) is 30.3 Å². The maximum atomic E-state index is 13.2. The number of fused-ring (bicyclic) bond motifs is 1. The average Bonchev–Trinajstić information content (AvgIpc) is 3.26. The minimum absolute atomic E-state index is 0.0305. The van der Waals surface area contributed by atoms with Gasteiger partial charge in [-0.05, 0) is 19.8 Å². The molecule has 2 amide bonds. The Labute approximate surface area is 197 Å². The first-order valence-electron chi connectivity index (χ1n) is 10.9. The summed E-state index contributed by atoms with van der Waals surface area (Å²) >= 11 is 0. The largest absolute Gasteiger partial charge is 0.405 e. The van der Waals surface area contributed by atoms with Crippen molar-refractivity contribution in [3.63, 3.8) is 0 Å². The van der Waals surface area contributed by atoms with E-state index >= 15 is 0 Å². The SMILES string of the molecule is C[C@H](Nc1cc(C(=O)N2CCC(O)CC2)nc(-c2c[nH]c3ncncc23)n1)C(=O)NCC(F)(F)F. The van der Waals surface area contributed by atoms with Gasteiger partial charge in [0.15, 0.2) is 5.82 Å². The monoisotopic (exact) mass is 492 g/mol. The number of amides is 2. The highest BCUT2D eigenvalue weighted by molar-refractivity contribution is 5.95. The van der Waals surface area contributed by atoms with Gasteiger partial charge in [-0.15, -0.1) is 0 Å². The van der Waals surface area contributed by atoms with Crippen molar-refractivity contribution in [3.05, 3.63) is 30.5 Å². The number of aliphatic hydroxyl groups is 1. The minimum Gasteiger partial charge on any atom is -0.393 e. The average molecular weight is 492 g/mol. The van der Waals surface area contributed by atoms with Gasteiger partial charge in [-0.1, -0.05) is 0 Å². The first-order chi connectivity index (χ1) is 16.6. The van der Waals surface area contributed by atoms with Gasteiger partial charge in [0.2, 0.25) is 5.91 Å². The van der Waals surface area contributed by atoms with E-state index in [1.54, 1.807) is 17.3 Å². The Morgan fingerprint density at radius 1 is 1.29 bits per heavy atom. The quantitative estimate of drug-likeness (QED) is 0.404. The Bertz CT molecular complexity index is 1220. The summed E-state index contributed by atoms with van der Waals surface area (Å²) in [5.41, 5.74) is 1.05. The number of nitrogens with zero attached hydrogens (tertiary/aromatic N) is 5. The number of aromatic nitrogens is 5. The van der Waals surface area contributed by atoms with E-state index in [-0.39, 0.29) is 17.3 Å². The van der Waals surface area contributed by atoms with E-state index in [2.05, 4.69) is 30.2 Å². The summed E-state index contributed by atoms with van der Waals surface area (Å²) in [6, 6.07) is 0.259. The highest BCUT2D eigenvalue weighted by atomic mass is 19.4. The molecule has 0 aliphatic carbocycles. The predicted molar refractivity (Wildman–Crippen MR) is 118 cm³/mol. The van der Waals surface area contributed by atoms with Crippen LogP contribution in [0.25, 0.3) is 22.4 Å². The molecule has 0 aromatic carbocycles. The van der Waals surface area contributed by atoms with Crippen molar-refractivity contribution in [2.75, 3.05) is 25.0 Å². The van der Waals surface area contributed by atoms with Gasteiger partial charge in [0.05, 0.1) is 6.10 Å². The van der Waals surface area contributed by atoms with E-state index in [9.17, 15) is 27.9 Å². The fourth-order valence-electron chi connectivity index (χ4n) is 3.65. The molecule has 1 atom stereocenters. The highest BCUT2D eigenvalue weighted by Crippen LogP contribution is 2.26. The molecule has 1 fully saturated rings. The van der Waals surface area contributed by atoms with Crippen LogP contribution in [0.5, 0.6) is 0 Å². The second-order valence-electron chi connectivity index (χ2n) is 8.17. The lowest BCUT2D eigenvalue weighted by atomic mass is 10.1. The van der Waals surface area contributed by atoms with Crippen molar-refractivity contribution < 1.29 is 27.9 Å². The molecule has 11 nitrogen and oxygen atoms in total. The number of hydrogen-bond donors (Lipinski definition) is 4. The molecule has 4 N–H and O–H groups in total. The van der Waals surface area contributed by atoms with Gasteiger partial charge in [0.1, 0.15) is 36.1 Å². The Balaban J connectivity index is 1.65. The smallest absolute Gasteiger partial charge is 0.393 e. The predicted octanol–water partition coefficient (Wildman–Crippen LogP) is 1.49. The summed E-state index contributed by atoms with van der Waals surface area (Å²) in [5.74, 6) is -1.06. The number of piperidine rings is 1. The fraction of sp³-hybridized carbons (Fsp3) is 0.429. The van der Waals surface area contributed by atoms with Crippen LogP contribution in [-0.2, 0) is 4.79 Å². The Morgan fingerprint density at radius 3 is 2.74 bits per heavy atom. The molecule has 1 saturated heterocycles. The molecule has 0 bridgehead atoms. The van der Waals surface area contributed by atoms with E-state index < -0.39 is 36.7 Å². The summed E-state index contributed by atoms with van der Waals surface area (Å²) in [7, 11) is 0. The molecule has 14 heteroatoms. The maximum Gasteiger partial charge on any atom is 0.405 e. The van der Waals surface area contributed by atoms with Gasteiger partial charge < -0.3 is 25.6 Å². The summed E-state index contributed by atoms with van der Waals surface area (Å²) in [6.07, 6.45) is 0.371. The number of nitrogens with one attached hydrogen (secondary N) is 3. The van der Waals surface area contributed by atoms with Crippen molar-refractivity contribution >= 4 is 28.7 Å². The summed E-state index contributed by atoms with van der Waals surface area (Å²) in [5, 5.41) is 14.9. The number of hydrogen-bond acceptors (Lipinski definition) is 8. The molecule has 1 aliphatic rings. The van der Waals surface area contributed by atoms with Crippen molar-refractivity contribution in [1.82, 2.24) is 35.1 Å². The molecule has 3 aromatic heterocycles. The highest BCUT2D eigenvalue weighted by Gasteiger charge is 2.29. The third-order valence-electron chi connectivity index (χ3n) is 5.51. The van der Waals surface area contributed by atoms with Crippen LogP contribution >= 0.6 is 0 Å². The Kier molecular flexibility index (Phi) is 6.82. The standard InChI is InChI=1S/C21H23F3N8O3/c1-11(19(34)27-9-21(22,23)24)29-16-6-15(20(35)32-4-2-12(33)3-5-32)30-18(31-16)14-8-26-17-13(14)7-25-10-28-17/h6-8,10-12,33H,2-5,9H2,1H3,(H,27,34)(H,25,26,28)(H,29,30,31)/t11-/m0/s1. The van der Waals surface area contributed by atoms with Crippen LogP contribution < -0.4 is 10.6 Å². The van der Waals surface area contributed by atoms with Crippen LogP contribution in [0.15, 0.2) is 24.8 Å². The van der Waals surface area contributed by atoms with Gasteiger partial charge in [0.25, 0.3) is 5.91 Å². The first-order valence-corrected chi connectivity index (χ1v) is 10.9. The lowest BCUT2D eigenvalue weighted by Gasteiger charge is -2.29. The minimum atomic E-state index is -4.55. The van der Waals surface area contributed by atoms with Crippen molar-refractivity contribution in [2.24, 2.45) is 0 Å². The number of alkyl halides is 3. The number of H-pyrrole nitrogens is 1. The Morgan fingerprint density at radius 2 is 2.03 bits per heavy atom. The number of rotatable bonds is 6. The summed E-state index contributed by atoms with van der Waals surface area (Å²) in [4.78, 5) is 46.7. The van der Waals surface area contributed by atoms with Gasteiger partial charge in [-0.3, -0.25) is 9.59 Å². The zero-order valence-electron chi connectivity index (χ0n) is 18.6. The van der Waals surface area contributed by atoms with Crippen LogP contribution in [0.4, 0.5) is 19.0 Å². The summed E-state index contributed by atoms with van der Waals surface area (Å²) < 4.78 is 37.4. The molecule has 0 spiro atoms. The lowest BCUT2D eigenvalue weighted by molar-refractivity contribution is -0.138. The maximum absolute atomic E-state index is 13.2. The third-order valence-corrected chi connectivity index (χ3v) is 5.51. The van der Waals surface area contributed by atoms with Crippen molar-refractivity contribution in [3.8, 4) is 11.4 Å². The molecule has 3 aromatic rings. The molecular weight excluding hydrogens is 469 g/mol. The Hall–Kier alpha value is -3.81. The fourth-order valence-corrected chi connectivity index (χ4v) is 3.65. The topological polar surface area (TPSA) is 149 Å². The molecule has 186 valence electrons. The van der Waals surface area contributed by atoms with Gasteiger partial charge in [-0.2, -0.15) is 13.2 Å². The van der Waals surface area contributed by atoms with E-state index in [1.165, 1.54) is 19.3 Å². The van der Waals surface area contributed by atoms with E-state index in [0.29, 0.717) is 42.5 Å².